The van der Waals surface area contributed by atoms with E-state index in [2.05, 4.69) is 5.32 Å². The second-order valence-electron chi connectivity index (χ2n) is 4.38. The van der Waals surface area contributed by atoms with Gasteiger partial charge in [-0.05, 0) is 18.8 Å². The second-order valence-corrected chi connectivity index (χ2v) is 4.38. The number of methoxy groups -OCH3 is 2. The fraction of sp³-hybridized carbons (Fsp3) is 0.917. The van der Waals surface area contributed by atoms with Crippen molar-refractivity contribution in [2.24, 2.45) is 5.92 Å². The number of carbonyl (C=O) groups is 1. The van der Waals surface area contributed by atoms with E-state index in [1.54, 1.807) is 0 Å². The molecule has 1 aliphatic rings. The minimum absolute atomic E-state index is 0.302. The Labute approximate surface area is 103 Å². The molecule has 1 aliphatic carbocycles. The maximum Gasteiger partial charge on any atom is 0.407 e. The van der Waals surface area contributed by atoms with Crippen LogP contribution in [0.15, 0.2) is 0 Å². The molecular formula is C12H23NO4. The summed E-state index contributed by atoms with van der Waals surface area (Å²) >= 11 is 0. The Morgan fingerprint density at radius 3 is 2.47 bits per heavy atom. The van der Waals surface area contributed by atoms with Crippen molar-refractivity contribution in [2.75, 3.05) is 27.4 Å². The maximum atomic E-state index is 11.4. The van der Waals surface area contributed by atoms with Crippen LogP contribution in [-0.4, -0.2) is 39.8 Å². The van der Waals surface area contributed by atoms with E-state index in [1.165, 1.54) is 46.3 Å². The van der Waals surface area contributed by atoms with Gasteiger partial charge in [0.15, 0.2) is 6.29 Å². The second kappa shape index (κ2) is 8.31. The first kappa shape index (κ1) is 14.3. The SMILES string of the molecule is COC(CNC(=O)OCC1CCCCC1)OC. The van der Waals surface area contributed by atoms with Crippen LogP contribution in [0.4, 0.5) is 4.79 Å². The Kier molecular flexibility index (Phi) is 6.96. The van der Waals surface area contributed by atoms with E-state index >= 15 is 0 Å². The smallest absolute Gasteiger partial charge is 0.407 e. The molecular weight excluding hydrogens is 222 g/mol. The van der Waals surface area contributed by atoms with Gasteiger partial charge in [-0.25, -0.2) is 4.79 Å². The molecule has 0 radical (unpaired) electrons. The molecule has 1 N–H and O–H groups in total. The molecule has 0 aliphatic heterocycles. The van der Waals surface area contributed by atoms with E-state index in [0.717, 1.165) is 0 Å². The van der Waals surface area contributed by atoms with Crippen LogP contribution in [-0.2, 0) is 14.2 Å². The van der Waals surface area contributed by atoms with Gasteiger partial charge >= 0.3 is 6.09 Å². The van der Waals surface area contributed by atoms with Gasteiger partial charge in [0.2, 0.25) is 0 Å². The first-order valence-corrected chi connectivity index (χ1v) is 6.22. The summed E-state index contributed by atoms with van der Waals surface area (Å²) in [5.41, 5.74) is 0. The number of hydrogen-bond acceptors (Lipinski definition) is 4. The van der Waals surface area contributed by atoms with E-state index in [9.17, 15) is 4.79 Å². The number of carbonyl (C=O) groups excluding carboxylic acids is 1. The van der Waals surface area contributed by atoms with E-state index in [4.69, 9.17) is 14.2 Å². The average Bonchev–Trinajstić information content (AvgIpc) is 2.39. The molecule has 1 fully saturated rings. The zero-order valence-corrected chi connectivity index (χ0v) is 10.7. The van der Waals surface area contributed by atoms with Crippen LogP contribution in [0, 0.1) is 5.92 Å². The van der Waals surface area contributed by atoms with Gasteiger partial charge in [-0.15, -0.1) is 0 Å². The molecule has 0 heterocycles. The lowest BCUT2D eigenvalue weighted by Gasteiger charge is -2.21. The highest BCUT2D eigenvalue weighted by atomic mass is 16.7. The summed E-state index contributed by atoms with van der Waals surface area (Å²) in [7, 11) is 3.06. The van der Waals surface area contributed by atoms with Crippen molar-refractivity contribution in [3.63, 3.8) is 0 Å². The summed E-state index contributed by atoms with van der Waals surface area (Å²) in [5, 5.41) is 2.61. The van der Waals surface area contributed by atoms with Gasteiger partial charge in [0, 0.05) is 14.2 Å². The summed E-state index contributed by atoms with van der Waals surface area (Å²) in [4.78, 5) is 11.4. The molecule has 0 aromatic carbocycles. The zero-order valence-electron chi connectivity index (χ0n) is 10.7. The number of ether oxygens (including phenoxy) is 3. The molecule has 100 valence electrons. The standard InChI is InChI=1S/C12H23NO4/c1-15-11(16-2)8-13-12(14)17-9-10-6-4-3-5-7-10/h10-11H,3-9H2,1-2H3,(H,13,14). The van der Waals surface area contributed by atoms with Crippen molar-refractivity contribution in [1.29, 1.82) is 0 Å². The molecule has 0 aromatic rings. The summed E-state index contributed by atoms with van der Waals surface area (Å²) in [6, 6.07) is 0. The molecule has 0 spiro atoms. The zero-order chi connectivity index (χ0) is 12.5. The van der Waals surface area contributed by atoms with Crippen molar-refractivity contribution in [2.45, 2.75) is 38.4 Å². The van der Waals surface area contributed by atoms with E-state index in [0.29, 0.717) is 19.1 Å². The Hall–Kier alpha value is -0.810. The van der Waals surface area contributed by atoms with Gasteiger partial charge in [0.25, 0.3) is 0 Å². The number of amides is 1. The lowest BCUT2D eigenvalue weighted by atomic mass is 9.90. The number of alkyl carbamates (subject to hydrolysis) is 1. The summed E-state index contributed by atoms with van der Waals surface area (Å²) in [5.74, 6) is 0.537. The molecule has 5 heteroatoms. The van der Waals surface area contributed by atoms with Crippen molar-refractivity contribution >= 4 is 6.09 Å². The monoisotopic (exact) mass is 245 g/mol. The quantitative estimate of drug-likeness (QED) is 0.726. The van der Waals surface area contributed by atoms with E-state index < -0.39 is 12.4 Å². The number of hydrogen-bond donors (Lipinski definition) is 1. The van der Waals surface area contributed by atoms with Gasteiger partial charge in [0.05, 0.1) is 13.2 Å². The van der Waals surface area contributed by atoms with Crippen molar-refractivity contribution in [1.82, 2.24) is 5.32 Å². The molecule has 0 saturated heterocycles. The summed E-state index contributed by atoms with van der Waals surface area (Å²) in [6.45, 7) is 0.826. The normalized spacial score (nSPS) is 17.1. The Balaban J connectivity index is 2.07. The predicted octanol–water partition coefficient (Wildman–Crippen LogP) is 1.91. The maximum absolute atomic E-state index is 11.4. The van der Waals surface area contributed by atoms with Crippen LogP contribution in [0.3, 0.4) is 0 Å². The number of rotatable bonds is 6. The fourth-order valence-electron chi connectivity index (χ4n) is 2.03. The van der Waals surface area contributed by atoms with E-state index in [-0.39, 0.29) is 0 Å². The topological polar surface area (TPSA) is 56.8 Å². The van der Waals surface area contributed by atoms with Gasteiger partial charge in [-0.3, -0.25) is 0 Å². The van der Waals surface area contributed by atoms with Crippen LogP contribution in [0.5, 0.6) is 0 Å². The Morgan fingerprint density at radius 2 is 1.88 bits per heavy atom. The molecule has 5 nitrogen and oxygen atoms in total. The Bertz CT molecular complexity index is 213. The minimum Gasteiger partial charge on any atom is -0.449 e. The third-order valence-corrected chi connectivity index (χ3v) is 3.11. The molecule has 0 aromatic heterocycles. The Morgan fingerprint density at radius 1 is 1.24 bits per heavy atom. The summed E-state index contributed by atoms with van der Waals surface area (Å²) < 4.78 is 15.1. The van der Waals surface area contributed by atoms with Crippen molar-refractivity contribution < 1.29 is 19.0 Å². The first-order chi connectivity index (χ1) is 8.26. The van der Waals surface area contributed by atoms with Crippen molar-refractivity contribution in [3.05, 3.63) is 0 Å². The van der Waals surface area contributed by atoms with Gasteiger partial charge in [-0.1, -0.05) is 19.3 Å². The molecule has 1 saturated carbocycles. The van der Waals surface area contributed by atoms with Crippen molar-refractivity contribution in [3.8, 4) is 0 Å². The van der Waals surface area contributed by atoms with Gasteiger partial charge in [-0.2, -0.15) is 0 Å². The fourth-order valence-corrected chi connectivity index (χ4v) is 2.03. The van der Waals surface area contributed by atoms with Crippen LogP contribution >= 0.6 is 0 Å². The first-order valence-electron chi connectivity index (χ1n) is 6.22. The third kappa shape index (κ3) is 5.89. The molecule has 1 amide bonds. The highest BCUT2D eigenvalue weighted by Crippen LogP contribution is 2.23. The van der Waals surface area contributed by atoms with Crippen LogP contribution < -0.4 is 5.32 Å². The van der Waals surface area contributed by atoms with Gasteiger partial charge in [0.1, 0.15) is 0 Å². The molecule has 0 unspecified atom stereocenters. The molecule has 17 heavy (non-hydrogen) atoms. The third-order valence-electron chi connectivity index (χ3n) is 3.11. The van der Waals surface area contributed by atoms with Crippen LogP contribution in [0.2, 0.25) is 0 Å². The van der Waals surface area contributed by atoms with Gasteiger partial charge < -0.3 is 19.5 Å². The molecule has 1 rings (SSSR count). The summed E-state index contributed by atoms with van der Waals surface area (Å²) in [6.07, 6.45) is 5.35. The lowest BCUT2D eigenvalue weighted by molar-refractivity contribution is -0.0981. The highest BCUT2D eigenvalue weighted by Gasteiger charge is 2.15. The average molecular weight is 245 g/mol. The largest absolute Gasteiger partial charge is 0.449 e. The number of nitrogens with one attached hydrogen (secondary N) is 1. The van der Waals surface area contributed by atoms with Crippen LogP contribution in [0.25, 0.3) is 0 Å². The highest BCUT2D eigenvalue weighted by molar-refractivity contribution is 5.67. The van der Waals surface area contributed by atoms with Crippen LogP contribution in [0.1, 0.15) is 32.1 Å². The molecule has 0 atom stereocenters. The molecule has 0 bridgehead atoms. The predicted molar refractivity (Wildman–Crippen MR) is 63.7 cm³/mol. The lowest BCUT2D eigenvalue weighted by Crippen LogP contribution is -2.35. The minimum atomic E-state index is -0.419. The van der Waals surface area contributed by atoms with E-state index in [1.807, 2.05) is 0 Å².